The molecule has 7 heteroatoms. The lowest BCUT2D eigenvalue weighted by molar-refractivity contribution is -0.255. The number of methoxy groups -OCH3 is 2. The van der Waals surface area contributed by atoms with Crippen molar-refractivity contribution in [1.29, 1.82) is 0 Å². The Morgan fingerprint density at radius 3 is 2.23 bits per heavy atom. The lowest BCUT2D eigenvalue weighted by Gasteiger charge is -2.13. The predicted octanol–water partition coefficient (Wildman–Crippen LogP) is 2.77. The van der Waals surface area contributed by atoms with Crippen LogP contribution in [0.1, 0.15) is 20.7 Å². The first-order chi connectivity index (χ1) is 14.5. The highest BCUT2D eigenvalue weighted by Gasteiger charge is 2.22. The minimum absolute atomic E-state index is 0.0161. The topological polar surface area (TPSA) is 93.5 Å². The number of carboxylic acid groups (broad SMARTS) is 1. The van der Waals surface area contributed by atoms with Crippen molar-refractivity contribution in [2.24, 2.45) is 0 Å². The van der Waals surface area contributed by atoms with Gasteiger partial charge in [-0.2, -0.15) is 0 Å². The van der Waals surface area contributed by atoms with Gasteiger partial charge in [0.1, 0.15) is 5.82 Å². The molecule has 0 amide bonds. The Balaban J connectivity index is 1.97. The molecule has 0 N–H and O–H groups in total. The molecule has 0 radical (unpaired) electrons. The number of para-hydroxylation sites is 2. The molecule has 0 aliphatic rings. The Kier molecular flexibility index (Phi) is 4.93. The molecule has 4 rings (SSSR count). The van der Waals surface area contributed by atoms with E-state index in [9.17, 15) is 14.7 Å². The van der Waals surface area contributed by atoms with E-state index in [0.29, 0.717) is 33.9 Å². The fourth-order valence-corrected chi connectivity index (χ4v) is 3.37. The summed E-state index contributed by atoms with van der Waals surface area (Å²) >= 11 is 0. The van der Waals surface area contributed by atoms with E-state index < -0.39 is 11.9 Å². The van der Waals surface area contributed by atoms with Gasteiger partial charge in [-0.3, -0.25) is 9.36 Å². The maximum absolute atomic E-state index is 13.5. The van der Waals surface area contributed by atoms with Gasteiger partial charge in [0.2, 0.25) is 0 Å². The van der Waals surface area contributed by atoms with Gasteiger partial charge in [0.15, 0.2) is 11.5 Å². The van der Waals surface area contributed by atoms with E-state index in [1.807, 2.05) is 6.07 Å². The predicted molar refractivity (Wildman–Crippen MR) is 109 cm³/mol. The number of carbonyl (C=O) groups is 2. The molecular weight excluding hydrogens is 384 g/mol. The molecule has 0 atom stereocenters. The van der Waals surface area contributed by atoms with Gasteiger partial charge >= 0.3 is 0 Å². The van der Waals surface area contributed by atoms with Gasteiger partial charge in [0.25, 0.3) is 5.91 Å². The number of imidazole rings is 1. The minimum Gasteiger partial charge on any atom is -0.545 e. The first-order valence-electron chi connectivity index (χ1n) is 9.10. The van der Waals surface area contributed by atoms with Crippen LogP contribution in [0.2, 0.25) is 0 Å². The van der Waals surface area contributed by atoms with Gasteiger partial charge in [-0.05, 0) is 36.4 Å². The van der Waals surface area contributed by atoms with Crippen LogP contribution in [0.3, 0.4) is 0 Å². The van der Waals surface area contributed by atoms with E-state index in [4.69, 9.17) is 9.47 Å². The summed E-state index contributed by atoms with van der Waals surface area (Å²) in [7, 11) is 3.05. The average molecular weight is 401 g/mol. The Labute approximate surface area is 172 Å². The quantitative estimate of drug-likeness (QED) is 0.511. The van der Waals surface area contributed by atoms with Crippen LogP contribution in [-0.4, -0.2) is 35.6 Å². The van der Waals surface area contributed by atoms with Crippen LogP contribution >= 0.6 is 0 Å². The second-order valence-electron chi connectivity index (χ2n) is 6.47. The lowest BCUT2D eigenvalue weighted by Crippen LogP contribution is -2.26. The normalized spacial score (nSPS) is 10.7. The number of aromatic carboxylic acids is 1. The second kappa shape index (κ2) is 7.71. The zero-order valence-corrected chi connectivity index (χ0v) is 16.3. The Hall–Kier alpha value is -4.13. The van der Waals surface area contributed by atoms with Gasteiger partial charge in [-0.1, -0.05) is 30.3 Å². The molecule has 0 aliphatic carbocycles. The molecule has 0 fully saturated rings. The fraction of sp³-hybridized carbons (Fsp3) is 0.0870. The number of nitrogens with zero attached hydrogens (tertiary/aromatic N) is 2. The van der Waals surface area contributed by atoms with Crippen LogP contribution in [0.4, 0.5) is 0 Å². The molecule has 1 aromatic heterocycles. The summed E-state index contributed by atoms with van der Waals surface area (Å²) in [4.78, 5) is 29.7. The molecule has 3 aromatic carbocycles. The summed E-state index contributed by atoms with van der Waals surface area (Å²) in [5, 5.41) is 11.5. The summed E-state index contributed by atoms with van der Waals surface area (Å²) in [6, 6.07) is 18.3. The molecule has 0 bridgehead atoms. The number of hydrogen-bond acceptors (Lipinski definition) is 6. The third-order valence-electron chi connectivity index (χ3n) is 4.78. The number of rotatable bonds is 5. The highest BCUT2D eigenvalue weighted by atomic mass is 16.5. The van der Waals surface area contributed by atoms with Crippen molar-refractivity contribution in [3.63, 3.8) is 0 Å². The van der Waals surface area contributed by atoms with Gasteiger partial charge in [-0.25, -0.2) is 4.98 Å². The Morgan fingerprint density at radius 2 is 1.53 bits per heavy atom. The van der Waals surface area contributed by atoms with Crippen molar-refractivity contribution < 1.29 is 24.2 Å². The summed E-state index contributed by atoms with van der Waals surface area (Å²) < 4.78 is 12.1. The van der Waals surface area contributed by atoms with Crippen LogP contribution < -0.4 is 14.6 Å². The molecule has 4 aromatic rings. The highest BCUT2D eigenvalue weighted by Crippen LogP contribution is 2.34. The summed E-state index contributed by atoms with van der Waals surface area (Å²) in [5.74, 6) is -0.562. The Morgan fingerprint density at radius 1 is 0.867 bits per heavy atom. The zero-order valence-electron chi connectivity index (χ0n) is 16.3. The first kappa shape index (κ1) is 19.2. The van der Waals surface area contributed by atoms with Crippen LogP contribution in [0.5, 0.6) is 11.5 Å². The summed E-state index contributed by atoms with van der Waals surface area (Å²) in [6.07, 6.45) is 0. The largest absolute Gasteiger partial charge is 0.545 e. The molecular formula is C23H17N2O5-. The zero-order chi connectivity index (χ0) is 21.3. The molecule has 150 valence electrons. The minimum atomic E-state index is -1.42. The van der Waals surface area contributed by atoms with Gasteiger partial charge < -0.3 is 19.4 Å². The van der Waals surface area contributed by atoms with Crippen molar-refractivity contribution in [2.45, 2.75) is 0 Å². The maximum atomic E-state index is 13.5. The second-order valence-corrected chi connectivity index (χ2v) is 6.47. The summed E-state index contributed by atoms with van der Waals surface area (Å²) in [6.45, 7) is 0. The van der Waals surface area contributed by atoms with Crippen LogP contribution in [0.25, 0.3) is 22.4 Å². The average Bonchev–Trinajstić information content (AvgIpc) is 3.17. The molecule has 0 unspecified atom stereocenters. The van der Waals surface area contributed by atoms with Crippen molar-refractivity contribution in [1.82, 2.24) is 9.55 Å². The van der Waals surface area contributed by atoms with Crippen LogP contribution in [-0.2, 0) is 0 Å². The van der Waals surface area contributed by atoms with Gasteiger partial charge in [0, 0.05) is 16.7 Å². The fourth-order valence-electron chi connectivity index (χ4n) is 3.37. The van der Waals surface area contributed by atoms with Crippen LogP contribution in [0.15, 0.2) is 66.7 Å². The van der Waals surface area contributed by atoms with Crippen molar-refractivity contribution in [3.8, 4) is 22.9 Å². The third kappa shape index (κ3) is 3.16. The van der Waals surface area contributed by atoms with E-state index in [1.54, 1.807) is 48.5 Å². The monoisotopic (exact) mass is 401 g/mol. The summed E-state index contributed by atoms with van der Waals surface area (Å²) in [5.41, 5.74) is 1.60. The van der Waals surface area contributed by atoms with Crippen molar-refractivity contribution in [2.75, 3.05) is 14.2 Å². The Bertz CT molecular complexity index is 1280. The number of carbonyl (C=O) groups excluding carboxylic acids is 2. The van der Waals surface area contributed by atoms with E-state index >= 15 is 0 Å². The van der Waals surface area contributed by atoms with E-state index in [-0.39, 0.29) is 11.1 Å². The number of carboxylic acids is 1. The van der Waals surface area contributed by atoms with Crippen LogP contribution in [0, 0.1) is 0 Å². The number of aromatic nitrogens is 2. The molecule has 0 spiro atoms. The van der Waals surface area contributed by atoms with E-state index in [2.05, 4.69) is 4.98 Å². The maximum Gasteiger partial charge on any atom is 0.264 e. The number of fused-ring (bicyclic) bond motifs is 1. The van der Waals surface area contributed by atoms with Gasteiger partial charge in [-0.15, -0.1) is 0 Å². The van der Waals surface area contributed by atoms with Crippen molar-refractivity contribution >= 4 is 22.9 Å². The highest BCUT2D eigenvalue weighted by molar-refractivity contribution is 6.09. The lowest BCUT2D eigenvalue weighted by atomic mass is 10.1. The standard InChI is InChI=1S/C23H18N2O5/c1-29-19-12-11-14(13-20(19)30-2)21-24-17-9-5-6-10-18(17)25(21)22(26)15-7-3-4-8-16(15)23(27)28/h3-13H,1-2H3,(H,27,28)/p-1. The molecule has 30 heavy (non-hydrogen) atoms. The molecule has 7 nitrogen and oxygen atoms in total. The smallest absolute Gasteiger partial charge is 0.264 e. The molecule has 0 aliphatic heterocycles. The number of hydrogen-bond donors (Lipinski definition) is 0. The van der Waals surface area contributed by atoms with E-state index in [1.165, 1.54) is 30.9 Å². The van der Waals surface area contributed by atoms with Crippen molar-refractivity contribution in [3.05, 3.63) is 77.9 Å². The first-order valence-corrected chi connectivity index (χ1v) is 9.10. The van der Waals surface area contributed by atoms with E-state index in [0.717, 1.165) is 0 Å². The molecule has 0 saturated heterocycles. The molecule has 0 saturated carbocycles. The SMILES string of the molecule is COc1ccc(-c2nc3ccccc3n2C(=O)c2ccccc2C(=O)[O-])cc1OC. The van der Waals surface area contributed by atoms with Gasteiger partial charge in [0.05, 0.1) is 31.2 Å². The molecule has 1 heterocycles. The number of benzene rings is 3. The number of ether oxygens (including phenoxy) is 2. The third-order valence-corrected chi connectivity index (χ3v) is 4.78.